The fourth-order valence-electron chi connectivity index (χ4n) is 3.88. The van der Waals surface area contributed by atoms with Crippen LogP contribution in [0.1, 0.15) is 30.6 Å². The summed E-state index contributed by atoms with van der Waals surface area (Å²) in [6.07, 6.45) is 6.46. The minimum atomic E-state index is -0.259. The summed E-state index contributed by atoms with van der Waals surface area (Å²) in [6, 6.07) is 7.38. The molecule has 0 spiro atoms. The highest BCUT2D eigenvalue weighted by molar-refractivity contribution is 5.89. The van der Waals surface area contributed by atoms with E-state index in [1.54, 1.807) is 24.7 Å². The van der Waals surface area contributed by atoms with E-state index < -0.39 is 0 Å². The summed E-state index contributed by atoms with van der Waals surface area (Å²) in [5.41, 5.74) is 1.44. The summed E-state index contributed by atoms with van der Waals surface area (Å²) in [4.78, 5) is 16.5. The first-order valence-corrected chi connectivity index (χ1v) is 7.98. The van der Waals surface area contributed by atoms with Gasteiger partial charge in [0.2, 0.25) is 0 Å². The molecule has 4 rings (SSSR count). The average molecular weight is 312 g/mol. The van der Waals surface area contributed by atoms with Gasteiger partial charge in [-0.05, 0) is 30.7 Å². The Hall–Kier alpha value is -2.14. The Kier molecular flexibility index (Phi) is 3.27. The Labute approximate surface area is 135 Å². The van der Waals surface area contributed by atoms with Gasteiger partial charge in [-0.15, -0.1) is 0 Å². The molecule has 1 aromatic heterocycles. The summed E-state index contributed by atoms with van der Waals surface area (Å²) in [5, 5.41) is 0. The van der Waals surface area contributed by atoms with Crippen molar-refractivity contribution in [1.82, 2.24) is 9.55 Å². The van der Waals surface area contributed by atoms with E-state index in [4.69, 9.17) is 9.47 Å². The van der Waals surface area contributed by atoms with E-state index in [9.17, 15) is 4.79 Å². The topological polar surface area (TPSA) is 53.4 Å². The highest BCUT2D eigenvalue weighted by atomic mass is 16.6. The number of aromatic nitrogens is 2. The molecule has 2 fully saturated rings. The minimum Gasteiger partial charge on any atom is -0.458 e. The molecule has 1 saturated carbocycles. The van der Waals surface area contributed by atoms with Crippen LogP contribution in [0, 0.1) is 11.3 Å². The summed E-state index contributed by atoms with van der Waals surface area (Å²) in [7, 11) is 0. The van der Waals surface area contributed by atoms with Gasteiger partial charge in [0.1, 0.15) is 6.10 Å². The molecule has 2 aliphatic rings. The standard InChI is InChI=1S/C18H20N2O3/c1-18(2)15-14(7-10-22-15)16(18)23-17(21)12-3-5-13(6-4-12)20-9-8-19-11-20/h3-6,8-9,11,14-16H,7,10H2,1-2H3/t14-,15+,16+/m0/s1. The molecule has 1 aliphatic heterocycles. The van der Waals surface area contributed by atoms with Crippen molar-refractivity contribution in [2.75, 3.05) is 6.61 Å². The zero-order chi connectivity index (χ0) is 16.0. The van der Waals surface area contributed by atoms with Crippen LogP contribution < -0.4 is 0 Å². The number of rotatable bonds is 3. The number of carbonyl (C=O) groups excluding carboxylic acids is 1. The summed E-state index contributed by atoms with van der Waals surface area (Å²) in [6.45, 7) is 4.99. The largest absolute Gasteiger partial charge is 0.458 e. The van der Waals surface area contributed by atoms with E-state index in [0.29, 0.717) is 11.5 Å². The highest BCUT2D eigenvalue weighted by Gasteiger charge is 2.61. The molecule has 1 saturated heterocycles. The van der Waals surface area contributed by atoms with Gasteiger partial charge in [0.25, 0.3) is 0 Å². The Bertz CT molecular complexity index is 706. The Morgan fingerprint density at radius 2 is 2.13 bits per heavy atom. The Morgan fingerprint density at radius 1 is 1.35 bits per heavy atom. The van der Waals surface area contributed by atoms with E-state index in [-0.39, 0.29) is 23.6 Å². The predicted molar refractivity (Wildman–Crippen MR) is 84.4 cm³/mol. The van der Waals surface area contributed by atoms with E-state index in [2.05, 4.69) is 18.8 Å². The maximum Gasteiger partial charge on any atom is 0.338 e. The zero-order valence-electron chi connectivity index (χ0n) is 13.3. The molecule has 0 N–H and O–H groups in total. The number of hydrogen-bond acceptors (Lipinski definition) is 4. The lowest BCUT2D eigenvalue weighted by molar-refractivity contribution is -0.183. The van der Waals surface area contributed by atoms with Gasteiger partial charge in [0, 0.05) is 36.0 Å². The van der Waals surface area contributed by atoms with Gasteiger partial charge in [-0.2, -0.15) is 0 Å². The van der Waals surface area contributed by atoms with Crippen LogP contribution in [0.15, 0.2) is 43.0 Å². The lowest BCUT2D eigenvalue weighted by Crippen LogP contribution is -2.61. The van der Waals surface area contributed by atoms with Crippen LogP contribution in [0.25, 0.3) is 5.69 Å². The number of ether oxygens (including phenoxy) is 2. The monoisotopic (exact) mass is 312 g/mol. The van der Waals surface area contributed by atoms with Crippen molar-refractivity contribution in [3.63, 3.8) is 0 Å². The van der Waals surface area contributed by atoms with Crippen molar-refractivity contribution in [3.8, 4) is 5.69 Å². The summed E-state index contributed by atoms with van der Waals surface area (Å²) < 4.78 is 13.4. The van der Waals surface area contributed by atoms with E-state index in [0.717, 1.165) is 18.7 Å². The van der Waals surface area contributed by atoms with Crippen LogP contribution in [0.3, 0.4) is 0 Å². The fraction of sp³-hybridized carbons (Fsp3) is 0.444. The first-order chi connectivity index (χ1) is 11.1. The van der Waals surface area contributed by atoms with E-state index in [1.165, 1.54) is 0 Å². The molecular formula is C18H20N2O3. The third-order valence-electron chi connectivity index (χ3n) is 5.13. The van der Waals surface area contributed by atoms with Crippen LogP contribution in [0.4, 0.5) is 0 Å². The van der Waals surface area contributed by atoms with Crippen LogP contribution in [-0.2, 0) is 9.47 Å². The highest BCUT2D eigenvalue weighted by Crippen LogP contribution is 2.53. The van der Waals surface area contributed by atoms with E-state index >= 15 is 0 Å². The molecule has 23 heavy (non-hydrogen) atoms. The maximum absolute atomic E-state index is 12.4. The van der Waals surface area contributed by atoms with Crippen molar-refractivity contribution in [1.29, 1.82) is 0 Å². The van der Waals surface area contributed by atoms with Gasteiger partial charge in [-0.3, -0.25) is 0 Å². The molecule has 5 nitrogen and oxygen atoms in total. The quantitative estimate of drug-likeness (QED) is 0.818. The van der Waals surface area contributed by atoms with Gasteiger partial charge < -0.3 is 14.0 Å². The lowest BCUT2D eigenvalue weighted by Gasteiger charge is -2.53. The second-order valence-electron chi connectivity index (χ2n) is 6.91. The van der Waals surface area contributed by atoms with Crippen LogP contribution in [0.2, 0.25) is 0 Å². The van der Waals surface area contributed by atoms with Gasteiger partial charge >= 0.3 is 5.97 Å². The molecular weight excluding hydrogens is 292 g/mol. The van der Waals surface area contributed by atoms with Gasteiger partial charge in [-0.1, -0.05) is 13.8 Å². The molecule has 0 amide bonds. The molecule has 0 radical (unpaired) electrons. The predicted octanol–water partition coefficient (Wildman–Crippen LogP) is 2.84. The summed E-state index contributed by atoms with van der Waals surface area (Å²) >= 11 is 0. The zero-order valence-corrected chi connectivity index (χ0v) is 13.3. The molecule has 120 valence electrons. The molecule has 0 bridgehead atoms. The van der Waals surface area contributed by atoms with Crippen molar-refractivity contribution in [2.45, 2.75) is 32.5 Å². The molecule has 2 aromatic rings. The smallest absolute Gasteiger partial charge is 0.338 e. The van der Waals surface area contributed by atoms with Crippen LogP contribution in [0.5, 0.6) is 0 Å². The minimum absolute atomic E-state index is 0.0594. The second-order valence-corrected chi connectivity index (χ2v) is 6.91. The lowest BCUT2D eigenvalue weighted by atomic mass is 9.59. The molecule has 1 aliphatic carbocycles. The molecule has 2 heterocycles. The van der Waals surface area contributed by atoms with E-state index in [1.807, 2.05) is 22.9 Å². The normalized spacial score (nSPS) is 28.0. The van der Waals surface area contributed by atoms with Gasteiger partial charge in [0.15, 0.2) is 0 Å². The number of imidazole rings is 1. The number of esters is 1. The number of carbonyl (C=O) groups is 1. The second kappa shape index (κ2) is 5.20. The Balaban J connectivity index is 1.47. The van der Waals surface area contributed by atoms with Gasteiger partial charge in [0.05, 0.1) is 18.0 Å². The summed E-state index contributed by atoms with van der Waals surface area (Å²) in [5.74, 6) is 0.0878. The number of fused-ring (bicyclic) bond motifs is 1. The first kappa shape index (κ1) is 14.5. The molecule has 0 unspecified atom stereocenters. The molecule has 5 heteroatoms. The first-order valence-electron chi connectivity index (χ1n) is 7.98. The third-order valence-corrected chi connectivity index (χ3v) is 5.13. The average Bonchev–Trinajstić information content (AvgIpc) is 3.23. The molecule has 1 aromatic carbocycles. The third kappa shape index (κ3) is 2.27. The maximum atomic E-state index is 12.4. The molecule has 3 atom stereocenters. The van der Waals surface area contributed by atoms with Crippen molar-refractivity contribution < 1.29 is 14.3 Å². The number of benzene rings is 1. The van der Waals surface area contributed by atoms with Crippen molar-refractivity contribution >= 4 is 5.97 Å². The van der Waals surface area contributed by atoms with Gasteiger partial charge in [-0.25, -0.2) is 9.78 Å². The van der Waals surface area contributed by atoms with Crippen LogP contribution >= 0.6 is 0 Å². The fourth-order valence-corrected chi connectivity index (χ4v) is 3.88. The Morgan fingerprint density at radius 3 is 2.83 bits per heavy atom. The number of hydrogen-bond donors (Lipinski definition) is 0. The van der Waals surface area contributed by atoms with Crippen molar-refractivity contribution in [2.24, 2.45) is 11.3 Å². The van der Waals surface area contributed by atoms with Crippen LogP contribution in [-0.4, -0.2) is 34.3 Å². The SMILES string of the molecule is CC1(C)[C@@H]2OCC[C@@H]2[C@H]1OC(=O)c1ccc(-n2ccnc2)cc1. The number of nitrogens with zero attached hydrogens (tertiary/aromatic N) is 2. The van der Waals surface area contributed by atoms with Crippen molar-refractivity contribution in [3.05, 3.63) is 48.5 Å².